The Morgan fingerprint density at radius 1 is 1.27 bits per heavy atom. The molecule has 1 unspecified atom stereocenters. The Morgan fingerprint density at radius 3 is 2.96 bits per heavy atom. The highest BCUT2D eigenvalue weighted by Gasteiger charge is 2.31. The molecule has 1 aromatic carbocycles. The predicted molar refractivity (Wildman–Crippen MR) is 97.1 cm³/mol. The molecule has 0 spiro atoms. The first-order chi connectivity index (χ1) is 12.7. The minimum atomic E-state index is -0.360. The largest absolute Gasteiger partial charge is 0.504 e. The van der Waals surface area contributed by atoms with Crippen LogP contribution in [-0.4, -0.2) is 44.8 Å². The van der Waals surface area contributed by atoms with Gasteiger partial charge in [0.05, 0.1) is 32.6 Å². The zero-order valence-corrected chi connectivity index (χ0v) is 14.9. The van der Waals surface area contributed by atoms with Crippen molar-refractivity contribution in [1.29, 1.82) is 0 Å². The maximum absolute atomic E-state index is 12.1. The second-order valence-electron chi connectivity index (χ2n) is 6.90. The molecule has 3 aliphatic rings. The molecule has 0 aromatic heterocycles. The number of nitrogens with one attached hydrogen (secondary N) is 1. The lowest BCUT2D eigenvalue weighted by Crippen LogP contribution is -2.49. The quantitative estimate of drug-likeness (QED) is 0.822. The lowest BCUT2D eigenvalue weighted by atomic mass is 9.96. The number of imide groups is 1. The molecule has 138 valence electrons. The summed E-state index contributed by atoms with van der Waals surface area (Å²) in [5.41, 5.74) is 4.36. The van der Waals surface area contributed by atoms with E-state index in [4.69, 9.17) is 9.47 Å². The predicted octanol–water partition coefficient (Wildman–Crippen LogP) is 2.16. The molecule has 3 amide bonds. The number of carbonyl (C=O) groups excluding carboxylic acids is 2. The van der Waals surface area contributed by atoms with E-state index >= 15 is 0 Å². The van der Waals surface area contributed by atoms with Crippen LogP contribution in [0, 0.1) is 0 Å². The first-order valence-electron chi connectivity index (χ1n) is 8.95. The van der Waals surface area contributed by atoms with Crippen LogP contribution in [0.5, 0.6) is 0 Å². The fourth-order valence-corrected chi connectivity index (χ4v) is 3.95. The number of anilines is 2. The maximum Gasteiger partial charge on any atom is 0.328 e. The fraction of sp³-hybridized carbons (Fsp3) is 0.474. The van der Waals surface area contributed by atoms with E-state index < -0.39 is 0 Å². The minimum absolute atomic E-state index is 0.222. The van der Waals surface area contributed by atoms with Gasteiger partial charge in [0.15, 0.2) is 0 Å². The molecule has 1 aromatic rings. The van der Waals surface area contributed by atoms with Gasteiger partial charge in [-0.3, -0.25) is 15.0 Å². The number of piperidine rings is 1. The van der Waals surface area contributed by atoms with E-state index in [-0.39, 0.29) is 11.9 Å². The number of benzene rings is 1. The molecule has 1 N–H and O–H groups in total. The molecule has 26 heavy (non-hydrogen) atoms. The number of urea groups is 1. The normalized spacial score (nSPS) is 24.7. The van der Waals surface area contributed by atoms with Crippen LogP contribution in [0.2, 0.25) is 0 Å². The average Bonchev–Trinajstić information content (AvgIpc) is 2.80. The topological polar surface area (TPSA) is 71.1 Å². The summed E-state index contributed by atoms with van der Waals surface area (Å²) >= 11 is 0. The van der Waals surface area contributed by atoms with E-state index in [0.29, 0.717) is 32.2 Å². The van der Waals surface area contributed by atoms with Gasteiger partial charge in [0.1, 0.15) is 0 Å². The minimum Gasteiger partial charge on any atom is -0.504 e. The van der Waals surface area contributed by atoms with Crippen molar-refractivity contribution in [3.05, 3.63) is 35.6 Å². The Balaban J connectivity index is 1.59. The number of ether oxygens (including phenoxy) is 2. The van der Waals surface area contributed by atoms with Gasteiger partial charge in [0, 0.05) is 36.4 Å². The smallest absolute Gasteiger partial charge is 0.328 e. The van der Waals surface area contributed by atoms with E-state index in [9.17, 15) is 9.59 Å². The molecule has 0 saturated carbocycles. The van der Waals surface area contributed by atoms with Crippen LogP contribution in [0.1, 0.15) is 24.8 Å². The van der Waals surface area contributed by atoms with Crippen LogP contribution in [0.4, 0.5) is 16.2 Å². The van der Waals surface area contributed by atoms with Gasteiger partial charge in [-0.25, -0.2) is 4.79 Å². The molecule has 3 aliphatic heterocycles. The van der Waals surface area contributed by atoms with Crippen molar-refractivity contribution in [3.8, 4) is 0 Å². The maximum atomic E-state index is 12.1. The molecule has 0 bridgehead atoms. The second kappa shape index (κ2) is 6.99. The zero-order chi connectivity index (χ0) is 18.1. The number of nitrogens with zero attached hydrogens (tertiary/aromatic N) is 2. The summed E-state index contributed by atoms with van der Waals surface area (Å²) in [5, 5.41) is 2.37. The number of hydrogen-bond acceptors (Lipinski definition) is 5. The summed E-state index contributed by atoms with van der Waals surface area (Å²) in [7, 11) is 1.68. The lowest BCUT2D eigenvalue weighted by Gasteiger charge is -2.37. The highest BCUT2D eigenvalue weighted by molar-refractivity contribution is 6.05. The van der Waals surface area contributed by atoms with Crippen molar-refractivity contribution in [2.45, 2.75) is 31.9 Å². The molecule has 2 saturated heterocycles. The van der Waals surface area contributed by atoms with Gasteiger partial charge in [0.2, 0.25) is 5.91 Å². The Labute approximate surface area is 152 Å². The van der Waals surface area contributed by atoms with Gasteiger partial charge >= 0.3 is 6.03 Å². The van der Waals surface area contributed by atoms with Crippen LogP contribution < -0.4 is 15.1 Å². The van der Waals surface area contributed by atoms with E-state index in [1.165, 1.54) is 11.3 Å². The Kier molecular flexibility index (Phi) is 4.55. The number of fused-ring (bicyclic) bond motifs is 3. The van der Waals surface area contributed by atoms with Crippen LogP contribution in [0.3, 0.4) is 0 Å². The summed E-state index contributed by atoms with van der Waals surface area (Å²) in [4.78, 5) is 27.5. The summed E-state index contributed by atoms with van der Waals surface area (Å²) in [6, 6.07) is 5.97. The summed E-state index contributed by atoms with van der Waals surface area (Å²) in [6.45, 7) is 2.52. The van der Waals surface area contributed by atoms with Gasteiger partial charge in [0.25, 0.3) is 0 Å². The van der Waals surface area contributed by atoms with Gasteiger partial charge in [-0.2, -0.15) is 0 Å². The number of hydrogen-bond donors (Lipinski definition) is 1. The van der Waals surface area contributed by atoms with Crippen molar-refractivity contribution in [2.24, 2.45) is 0 Å². The molecule has 4 rings (SSSR count). The first kappa shape index (κ1) is 16.9. The number of methoxy groups -OCH3 is 1. The molecular formula is C19H23N3O4. The van der Waals surface area contributed by atoms with Crippen molar-refractivity contribution in [1.82, 2.24) is 5.32 Å². The van der Waals surface area contributed by atoms with Crippen LogP contribution >= 0.6 is 0 Å². The van der Waals surface area contributed by atoms with Crippen molar-refractivity contribution >= 4 is 23.3 Å². The van der Waals surface area contributed by atoms with Crippen molar-refractivity contribution in [3.63, 3.8) is 0 Å². The third-order valence-corrected chi connectivity index (χ3v) is 5.20. The summed E-state index contributed by atoms with van der Waals surface area (Å²) in [6.07, 6.45) is 4.08. The van der Waals surface area contributed by atoms with Crippen LogP contribution in [-0.2, 0) is 20.9 Å². The molecule has 7 nitrogen and oxygen atoms in total. The van der Waals surface area contributed by atoms with E-state index in [2.05, 4.69) is 16.3 Å². The Hall–Kier alpha value is -2.54. The zero-order valence-electron chi connectivity index (χ0n) is 14.9. The molecule has 2 fully saturated rings. The molecular weight excluding hydrogens is 334 g/mol. The van der Waals surface area contributed by atoms with E-state index in [0.717, 1.165) is 30.6 Å². The molecule has 0 aliphatic carbocycles. The molecule has 1 atom stereocenters. The molecule has 3 heterocycles. The number of amides is 3. The highest BCUT2D eigenvalue weighted by Crippen LogP contribution is 2.35. The third-order valence-electron chi connectivity index (χ3n) is 5.20. The third kappa shape index (κ3) is 3.14. The van der Waals surface area contributed by atoms with Gasteiger partial charge < -0.3 is 14.4 Å². The number of rotatable bonds is 2. The Bertz CT molecular complexity index is 761. The standard InChI is InChI=1S/C19H23N3O4/c1-25-10-13-4-6-21-16(8-13)12-26-11-14-9-15(2-3-17(14)21)22-7-5-18(23)20-19(22)24/h2-3,9-10,16H,4-8,11-12H2,1H3,(H,20,23,24)/b13-10+. The monoisotopic (exact) mass is 357 g/mol. The molecule has 7 heteroatoms. The van der Waals surface area contributed by atoms with Gasteiger partial charge in [-0.15, -0.1) is 0 Å². The second-order valence-corrected chi connectivity index (χ2v) is 6.90. The first-order valence-corrected chi connectivity index (χ1v) is 8.95. The summed E-state index contributed by atoms with van der Waals surface area (Å²) in [5.74, 6) is -0.222. The van der Waals surface area contributed by atoms with Gasteiger partial charge in [-0.05, 0) is 36.6 Å². The van der Waals surface area contributed by atoms with Crippen LogP contribution in [0.15, 0.2) is 30.0 Å². The highest BCUT2D eigenvalue weighted by atomic mass is 16.5. The summed E-state index contributed by atoms with van der Waals surface area (Å²) < 4.78 is 11.1. The molecule has 0 radical (unpaired) electrons. The van der Waals surface area contributed by atoms with Crippen LogP contribution in [0.25, 0.3) is 0 Å². The Morgan fingerprint density at radius 2 is 2.15 bits per heavy atom. The van der Waals surface area contributed by atoms with Crippen molar-refractivity contribution < 1.29 is 19.1 Å². The lowest BCUT2D eigenvalue weighted by molar-refractivity contribution is -0.120. The SMILES string of the molecule is CO/C=C1\CCN2c3ccc(N4CCC(=O)NC4=O)cc3COCC2C1. The van der Waals surface area contributed by atoms with Gasteiger partial charge in [-0.1, -0.05) is 0 Å². The van der Waals surface area contributed by atoms with E-state index in [1.807, 2.05) is 18.4 Å². The van der Waals surface area contributed by atoms with Crippen molar-refractivity contribution in [2.75, 3.05) is 36.6 Å². The average molecular weight is 357 g/mol. The fourth-order valence-electron chi connectivity index (χ4n) is 3.95. The number of carbonyl (C=O) groups is 2. The van der Waals surface area contributed by atoms with E-state index in [1.54, 1.807) is 12.0 Å².